The summed E-state index contributed by atoms with van der Waals surface area (Å²) in [5, 5.41) is 3.11. The first-order valence-corrected chi connectivity index (χ1v) is 7.93. The van der Waals surface area contributed by atoms with E-state index in [-0.39, 0.29) is 24.0 Å². The Kier molecular flexibility index (Phi) is 9.22. The maximum atomic E-state index is 5.83. The van der Waals surface area contributed by atoms with Gasteiger partial charge in [0.2, 0.25) is 0 Å². The van der Waals surface area contributed by atoms with Crippen molar-refractivity contribution in [1.29, 1.82) is 0 Å². The number of halogens is 1. The van der Waals surface area contributed by atoms with Crippen molar-refractivity contribution in [2.75, 3.05) is 6.54 Å². The Hall–Kier alpha value is -1.76. The van der Waals surface area contributed by atoms with Crippen LogP contribution in [-0.4, -0.2) is 12.5 Å². The van der Waals surface area contributed by atoms with E-state index in [0.29, 0.717) is 25.0 Å². The smallest absolute Gasteiger partial charge is 0.188 e. The predicted molar refractivity (Wildman–Crippen MR) is 111 cm³/mol. The van der Waals surface area contributed by atoms with Crippen LogP contribution < -0.4 is 15.8 Å². The van der Waals surface area contributed by atoms with Crippen molar-refractivity contribution in [2.24, 2.45) is 16.6 Å². The van der Waals surface area contributed by atoms with Gasteiger partial charge in [-0.1, -0.05) is 56.3 Å². The van der Waals surface area contributed by atoms with Crippen molar-refractivity contribution in [2.45, 2.75) is 27.0 Å². The summed E-state index contributed by atoms with van der Waals surface area (Å²) < 4.78 is 5.76. The van der Waals surface area contributed by atoms with E-state index in [1.165, 1.54) is 0 Å². The first kappa shape index (κ1) is 20.3. The number of guanidine groups is 1. The molecule has 0 atom stereocenters. The van der Waals surface area contributed by atoms with E-state index in [1.807, 2.05) is 42.5 Å². The summed E-state index contributed by atoms with van der Waals surface area (Å²) in [6.45, 7) is 6.24. The zero-order chi connectivity index (χ0) is 16.5. The third-order valence-electron chi connectivity index (χ3n) is 3.30. The molecule has 0 amide bonds. The Morgan fingerprint density at radius 2 is 1.71 bits per heavy atom. The molecule has 0 aromatic heterocycles. The van der Waals surface area contributed by atoms with Crippen molar-refractivity contribution >= 4 is 29.9 Å². The molecule has 0 heterocycles. The Bertz CT molecular complexity index is 612. The van der Waals surface area contributed by atoms with E-state index in [2.05, 4.69) is 36.3 Å². The molecule has 2 rings (SSSR count). The Balaban J connectivity index is 0.00000288. The van der Waals surface area contributed by atoms with E-state index >= 15 is 0 Å². The topological polar surface area (TPSA) is 59.6 Å². The van der Waals surface area contributed by atoms with Crippen LogP contribution in [0.1, 0.15) is 25.0 Å². The molecular formula is C19H26IN3O. The highest BCUT2D eigenvalue weighted by molar-refractivity contribution is 14.0. The Morgan fingerprint density at radius 1 is 1.04 bits per heavy atom. The second-order valence-corrected chi connectivity index (χ2v) is 5.89. The second-order valence-electron chi connectivity index (χ2n) is 5.89. The summed E-state index contributed by atoms with van der Waals surface area (Å²) in [6, 6.07) is 18.1. The van der Waals surface area contributed by atoms with Gasteiger partial charge in [-0.05, 0) is 29.2 Å². The van der Waals surface area contributed by atoms with E-state index < -0.39 is 0 Å². The molecule has 0 spiro atoms. The van der Waals surface area contributed by atoms with Gasteiger partial charge in [-0.2, -0.15) is 0 Å². The summed E-state index contributed by atoms with van der Waals surface area (Å²) in [4.78, 5) is 4.33. The van der Waals surface area contributed by atoms with Crippen molar-refractivity contribution in [3.8, 4) is 5.75 Å². The molecule has 4 nitrogen and oxygen atoms in total. The van der Waals surface area contributed by atoms with E-state index in [9.17, 15) is 0 Å². The SMILES string of the molecule is CC(C)CNC(N)=NCc1ccc(OCc2ccccc2)cc1.I. The molecule has 5 heteroatoms. The molecule has 0 saturated heterocycles. The highest BCUT2D eigenvalue weighted by Crippen LogP contribution is 2.14. The van der Waals surface area contributed by atoms with Gasteiger partial charge in [0, 0.05) is 6.54 Å². The van der Waals surface area contributed by atoms with Crippen LogP contribution in [0.4, 0.5) is 0 Å². The molecule has 3 N–H and O–H groups in total. The monoisotopic (exact) mass is 439 g/mol. The van der Waals surface area contributed by atoms with Crippen LogP contribution in [0.3, 0.4) is 0 Å². The molecule has 2 aromatic rings. The fourth-order valence-electron chi connectivity index (χ4n) is 1.97. The largest absolute Gasteiger partial charge is 0.489 e. The Labute approximate surface area is 161 Å². The summed E-state index contributed by atoms with van der Waals surface area (Å²) in [5.41, 5.74) is 8.09. The molecule has 2 aromatic carbocycles. The van der Waals surface area contributed by atoms with Gasteiger partial charge < -0.3 is 15.8 Å². The van der Waals surface area contributed by atoms with Crippen LogP contribution >= 0.6 is 24.0 Å². The lowest BCUT2D eigenvalue weighted by atomic mass is 10.2. The normalized spacial score (nSPS) is 11.0. The lowest BCUT2D eigenvalue weighted by Crippen LogP contribution is -2.34. The lowest BCUT2D eigenvalue weighted by Gasteiger charge is -2.08. The number of hydrogen-bond donors (Lipinski definition) is 2. The Morgan fingerprint density at radius 3 is 2.33 bits per heavy atom. The van der Waals surface area contributed by atoms with E-state index in [1.54, 1.807) is 0 Å². The van der Waals surface area contributed by atoms with Gasteiger partial charge in [0.25, 0.3) is 0 Å². The number of nitrogens with one attached hydrogen (secondary N) is 1. The van der Waals surface area contributed by atoms with Crippen LogP contribution in [0.25, 0.3) is 0 Å². The van der Waals surface area contributed by atoms with Gasteiger partial charge >= 0.3 is 0 Å². The van der Waals surface area contributed by atoms with Crippen LogP contribution in [-0.2, 0) is 13.2 Å². The third kappa shape index (κ3) is 7.68. The summed E-state index contributed by atoms with van der Waals surface area (Å²) in [5.74, 6) is 1.89. The molecule has 0 radical (unpaired) electrons. The number of aliphatic imine (C=N–C) groups is 1. The number of rotatable bonds is 7. The molecule has 0 aliphatic heterocycles. The molecular weight excluding hydrogens is 413 g/mol. The molecule has 130 valence electrons. The van der Waals surface area contributed by atoms with Crippen LogP contribution in [0.5, 0.6) is 5.75 Å². The quantitative estimate of drug-likeness (QED) is 0.390. The number of benzene rings is 2. The predicted octanol–water partition coefficient (Wildman–Crippen LogP) is 3.94. The van der Waals surface area contributed by atoms with E-state index in [0.717, 1.165) is 23.4 Å². The minimum Gasteiger partial charge on any atom is -0.489 e. The minimum atomic E-state index is 0. The van der Waals surface area contributed by atoms with Crippen molar-refractivity contribution in [3.63, 3.8) is 0 Å². The highest BCUT2D eigenvalue weighted by Gasteiger charge is 1.98. The zero-order valence-corrected chi connectivity index (χ0v) is 16.6. The number of ether oxygens (including phenoxy) is 1. The maximum absolute atomic E-state index is 5.83. The van der Waals surface area contributed by atoms with Gasteiger partial charge in [-0.3, -0.25) is 0 Å². The molecule has 24 heavy (non-hydrogen) atoms. The lowest BCUT2D eigenvalue weighted by molar-refractivity contribution is 0.306. The zero-order valence-electron chi connectivity index (χ0n) is 14.2. The standard InChI is InChI=1S/C19H25N3O.HI/c1-15(2)12-21-19(20)22-13-16-8-10-18(11-9-16)23-14-17-6-4-3-5-7-17;/h3-11,15H,12-14H2,1-2H3,(H3,20,21,22);1H. The van der Waals surface area contributed by atoms with Crippen molar-refractivity contribution in [1.82, 2.24) is 5.32 Å². The van der Waals surface area contributed by atoms with E-state index in [4.69, 9.17) is 10.5 Å². The second kappa shape index (κ2) is 10.9. The molecule has 0 unspecified atom stereocenters. The fraction of sp³-hybridized carbons (Fsp3) is 0.316. The minimum absolute atomic E-state index is 0. The number of hydrogen-bond acceptors (Lipinski definition) is 2. The molecule has 0 aliphatic rings. The average molecular weight is 439 g/mol. The van der Waals surface area contributed by atoms with Crippen LogP contribution in [0, 0.1) is 5.92 Å². The third-order valence-corrected chi connectivity index (χ3v) is 3.30. The van der Waals surface area contributed by atoms with Crippen LogP contribution in [0.2, 0.25) is 0 Å². The molecule has 0 aliphatic carbocycles. The average Bonchev–Trinajstić information content (AvgIpc) is 2.58. The van der Waals surface area contributed by atoms with Gasteiger partial charge in [-0.25, -0.2) is 4.99 Å². The fourth-order valence-corrected chi connectivity index (χ4v) is 1.97. The van der Waals surface area contributed by atoms with Gasteiger partial charge in [0.05, 0.1) is 6.54 Å². The summed E-state index contributed by atoms with van der Waals surface area (Å²) in [7, 11) is 0. The number of nitrogens with zero attached hydrogens (tertiary/aromatic N) is 1. The van der Waals surface area contributed by atoms with Crippen molar-refractivity contribution in [3.05, 3.63) is 65.7 Å². The summed E-state index contributed by atoms with van der Waals surface area (Å²) >= 11 is 0. The van der Waals surface area contributed by atoms with Crippen molar-refractivity contribution < 1.29 is 4.74 Å². The first-order valence-electron chi connectivity index (χ1n) is 7.93. The van der Waals surface area contributed by atoms with Gasteiger partial charge in [0.15, 0.2) is 5.96 Å². The maximum Gasteiger partial charge on any atom is 0.188 e. The first-order chi connectivity index (χ1) is 11.1. The van der Waals surface area contributed by atoms with Crippen LogP contribution in [0.15, 0.2) is 59.6 Å². The highest BCUT2D eigenvalue weighted by atomic mass is 127. The van der Waals surface area contributed by atoms with Gasteiger partial charge in [0.1, 0.15) is 12.4 Å². The van der Waals surface area contributed by atoms with Gasteiger partial charge in [-0.15, -0.1) is 24.0 Å². The molecule has 0 bridgehead atoms. The molecule has 0 fully saturated rings. The molecule has 0 saturated carbocycles. The summed E-state index contributed by atoms with van der Waals surface area (Å²) in [6.07, 6.45) is 0. The number of nitrogens with two attached hydrogens (primary N) is 1.